The van der Waals surface area contributed by atoms with Crippen LogP contribution in [0, 0.1) is 0 Å². The number of hydrogen-bond acceptors (Lipinski definition) is 5. The van der Waals surface area contributed by atoms with Gasteiger partial charge in [-0.2, -0.15) is 0 Å². The first-order valence-electron chi connectivity index (χ1n) is 10.1. The van der Waals surface area contributed by atoms with Gasteiger partial charge in [0.2, 0.25) is 5.91 Å². The van der Waals surface area contributed by atoms with Gasteiger partial charge in [-0.1, -0.05) is 12.1 Å². The van der Waals surface area contributed by atoms with Crippen molar-refractivity contribution in [2.45, 2.75) is 31.9 Å². The Hall–Kier alpha value is -3.19. The predicted molar refractivity (Wildman–Crippen MR) is 121 cm³/mol. The van der Waals surface area contributed by atoms with Crippen LogP contribution in [-0.4, -0.2) is 28.6 Å². The summed E-state index contributed by atoms with van der Waals surface area (Å²) in [6.07, 6.45) is 1.71. The Balaban J connectivity index is 1.41. The highest BCUT2D eigenvalue weighted by atomic mass is 32.2. The molecule has 2 heterocycles. The maximum Gasteiger partial charge on any atom is 0.255 e. The van der Waals surface area contributed by atoms with Crippen LogP contribution < -0.4 is 10.1 Å². The van der Waals surface area contributed by atoms with E-state index in [0.717, 1.165) is 17.1 Å². The summed E-state index contributed by atoms with van der Waals surface area (Å²) < 4.78 is 11.0. The fourth-order valence-corrected chi connectivity index (χ4v) is 4.55. The number of carbonyl (C=O) groups is 2. The molecule has 4 rings (SSSR count). The minimum atomic E-state index is -0.188. The number of thioether (sulfide) groups is 1. The maximum absolute atomic E-state index is 12.6. The van der Waals surface area contributed by atoms with Crippen molar-refractivity contribution in [2.24, 2.45) is 0 Å². The van der Waals surface area contributed by atoms with E-state index in [1.165, 1.54) is 0 Å². The third-order valence-corrected chi connectivity index (χ3v) is 6.07. The number of furan rings is 1. The van der Waals surface area contributed by atoms with E-state index in [1.54, 1.807) is 35.1 Å². The molecule has 0 aliphatic carbocycles. The molecule has 2 aromatic carbocycles. The molecule has 1 unspecified atom stereocenters. The van der Waals surface area contributed by atoms with E-state index in [0.29, 0.717) is 23.5 Å². The Labute approximate surface area is 185 Å². The van der Waals surface area contributed by atoms with Crippen molar-refractivity contribution in [2.75, 3.05) is 11.1 Å². The molecule has 1 aliphatic rings. The Kier molecular flexibility index (Phi) is 6.32. The van der Waals surface area contributed by atoms with Crippen molar-refractivity contribution in [1.29, 1.82) is 0 Å². The van der Waals surface area contributed by atoms with E-state index in [4.69, 9.17) is 9.15 Å². The van der Waals surface area contributed by atoms with Crippen LogP contribution in [0.2, 0.25) is 0 Å². The Morgan fingerprint density at radius 3 is 2.55 bits per heavy atom. The lowest BCUT2D eigenvalue weighted by atomic mass is 10.1. The molecule has 1 saturated heterocycles. The SMILES string of the molecule is CC(C)Oc1ccc(NC(=O)c2ccc(C3SCC(=O)N3Cc3ccco3)cc2)cc1. The highest BCUT2D eigenvalue weighted by Crippen LogP contribution is 2.39. The first-order chi connectivity index (χ1) is 15.0. The largest absolute Gasteiger partial charge is 0.491 e. The van der Waals surface area contributed by atoms with Gasteiger partial charge in [0.25, 0.3) is 5.91 Å². The summed E-state index contributed by atoms with van der Waals surface area (Å²) in [7, 11) is 0. The molecule has 31 heavy (non-hydrogen) atoms. The van der Waals surface area contributed by atoms with E-state index < -0.39 is 0 Å². The summed E-state index contributed by atoms with van der Waals surface area (Å²) in [4.78, 5) is 26.8. The number of benzene rings is 2. The molecule has 1 N–H and O–H groups in total. The Bertz CT molecular complexity index is 1030. The minimum absolute atomic E-state index is 0.0816. The molecule has 3 aromatic rings. The summed E-state index contributed by atoms with van der Waals surface area (Å²) in [5, 5.41) is 2.80. The molecule has 1 aliphatic heterocycles. The van der Waals surface area contributed by atoms with Crippen LogP contribution in [0.15, 0.2) is 71.3 Å². The van der Waals surface area contributed by atoms with Gasteiger partial charge in [-0.3, -0.25) is 9.59 Å². The number of rotatable bonds is 7. The minimum Gasteiger partial charge on any atom is -0.491 e. The molecule has 1 fully saturated rings. The molecule has 6 nitrogen and oxygen atoms in total. The van der Waals surface area contributed by atoms with Gasteiger partial charge in [0.1, 0.15) is 16.9 Å². The molecule has 1 aromatic heterocycles. The number of carbonyl (C=O) groups excluding carboxylic acids is 2. The number of ether oxygens (including phenoxy) is 1. The molecule has 0 spiro atoms. The zero-order chi connectivity index (χ0) is 21.8. The Morgan fingerprint density at radius 2 is 1.90 bits per heavy atom. The second kappa shape index (κ2) is 9.31. The highest BCUT2D eigenvalue weighted by molar-refractivity contribution is 8.00. The summed E-state index contributed by atoms with van der Waals surface area (Å²) in [5.41, 5.74) is 2.24. The average Bonchev–Trinajstić information content (AvgIpc) is 3.40. The average molecular weight is 437 g/mol. The van der Waals surface area contributed by atoms with E-state index in [2.05, 4.69) is 5.32 Å². The van der Waals surface area contributed by atoms with Gasteiger partial charge in [-0.15, -0.1) is 11.8 Å². The molecule has 0 radical (unpaired) electrons. The van der Waals surface area contributed by atoms with Gasteiger partial charge in [-0.05, 0) is 67.9 Å². The number of hydrogen-bond donors (Lipinski definition) is 1. The smallest absolute Gasteiger partial charge is 0.255 e. The predicted octanol–water partition coefficient (Wildman–Crippen LogP) is 5.09. The number of nitrogens with zero attached hydrogens (tertiary/aromatic N) is 1. The molecule has 2 amide bonds. The van der Waals surface area contributed by atoms with Crippen molar-refractivity contribution in [3.8, 4) is 5.75 Å². The van der Waals surface area contributed by atoms with E-state index >= 15 is 0 Å². The fourth-order valence-electron chi connectivity index (χ4n) is 3.36. The first kappa shape index (κ1) is 21.1. The quantitative estimate of drug-likeness (QED) is 0.558. The molecule has 160 valence electrons. The van der Waals surface area contributed by atoms with E-state index in [-0.39, 0.29) is 23.3 Å². The van der Waals surface area contributed by atoms with Crippen LogP contribution in [0.4, 0.5) is 5.69 Å². The van der Waals surface area contributed by atoms with E-state index in [1.807, 2.05) is 62.4 Å². The second-order valence-electron chi connectivity index (χ2n) is 7.53. The number of anilines is 1. The van der Waals surface area contributed by atoms with Crippen molar-refractivity contribution in [3.63, 3.8) is 0 Å². The summed E-state index contributed by atoms with van der Waals surface area (Å²) >= 11 is 1.58. The molecular weight excluding hydrogens is 412 g/mol. The zero-order valence-electron chi connectivity index (χ0n) is 17.4. The highest BCUT2D eigenvalue weighted by Gasteiger charge is 2.33. The number of nitrogens with one attached hydrogen (secondary N) is 1. The monoisotopic (exact) mass is 436 g/mol. The zero-order valence-corrected chi connectivity index (χ0v) is 18.2. The van der Waals surface area contributed by atoms with Gasteiger partial charge in [0.15, 0.2) is 0 Å². The van der Waals surface area contributed by atoms with Gasteiger partial charge < -0.3 is 19.4 Å². The molecular formula is C24H24N2O4S. The van der Waals surface area contributed by atoms with Gasteiger partial charge >= 0.3 is 0 Å². The van der Waals surface area contributed by atoms with Crippen molar-refractivity contribution >= 4 is 29.3 Å². The lowest BCUT2D eigenvalue weighted by molar-refractivity contribution is -0.128. The molecule has 7 heteroatoms. The lowest BCUT2D eigenvalue weighted by Crippen LogP contribution is -2.27. The van der Waals surface area contributed by atoms with E-state index in [9.17, 15) is 9.59 Å². The summed E-state index contributed by atoms with van der Waals surface area (Å²) in [5.74, 6) is 1.84. The second-order valence-corrected chi connectivity index (χ2v) is 8.60. The van der Waals surface area contributed by atoms with Gasteiger partial charge in [0, 0.05) is 11.3 Å². The van der Waals surface area contributed by atoms with Crippen LogP contribution in [0.25, 0.3) is 0 Å². The Morgan fingerprint density at radius 1 is 1.16 bits per heavy atom. The summed E-state index contributed by atoms with van der Waals surface area (Å²) in [6.45, 7) is 4.37. The number of amides is 2. The summed E-state index contributed by atoms with van der Waals surface area (Å²) in [6, 6.07) is 18.4. The van der Waals surface area contributed by atoms with Crippen LogP contribution in [0.5, 0.6) is 5.75 Å². The van der Waals surface area contributed by atoms with Gasteiger partial charge in [-0.25, -0.2) is 0 Å². The fraction of sp³-hybridized carbons (Fsp3) is 0.250. The van der Waals surface area contributed by atoms with Crippen molar-refractivity contribution in [1.82, 2.24) is 4.90 Å². The van der Waals surface area contributed by atoms with Crippen LogP contribution in [0.3, 0.4) is 0 Å². The molecule has 0 bridgehead atoms. The van der Waals surface area contributed by atoms with Gasteiger partial charge in [0.05, 0.1) is 24.7 Å². The normalized spacial score (nSPS) is 16.0. The third kappa shape index (κ3) is 5.11. The first-order valence-corrected chi connectivity index (χ1v) is 11.2. The van der Waals surface area contributed by atoms with Crippen molar-refractivity contribution < 1.29 is 18.7 Å². The maximum atomic E-state index is 12.6. The third-order valence-electron chi connectivity index (χ3n) is 4.82. The topological polar surface area (TPSA) is 71.8 Å². The standard InChI is InChI=1S/C24H24N2O4S/c1-16(2)30-20-11-9-19(10-12-20)25-23(28)17-5-7-18(8-6-17)24-26(22(27)15-31-24)14-21-4-3-13-29-21/h3-13,16,24H,14-15H2,1-2H3,(H,25,28). The van der Waals surface area contributed by atoms with Crippen molar-refractivity contribution in [3.05, 3.63) is 83.8 Å². The molecule has 0 saturated carbocycles. The molecule has 1 atom stereocenters. The van der Waals surface area contributed by atoms with Crippen LogP contribution >= 0.6 is 11.8 Å². The lowest BCUT2D eigenvalue weighted by Gasteiger charge is -2.23. The van der Waals surface area contributed by atoms with Crippen LogP contribution in [0.1, 0.15) is 40.9 Å². The van der Waals surface area contributed by atoms with Crippen LogP contribution in [-0.2, 0) is 11.3 Å².